The summed E-state index contributed by atoms with van der Waals surface area (Å²) in [6.07, 6.45) is 1.80. The van der Waals surface area contributed by atoms with Gasteiger partial charge in [0.1, 0.15) is 11.9 Å². The molecule has 2 rings (SSSR count). The molecule has 78 valence electrons. The third kappa shape index (κ3) is 1.90. The Morgan fingerprint density at radius 3 is 3.13 bits per heavy atom. The van der Waals surface area contributed by atoms with Crippen LogP contribution in [0.1, 0.15) is 11.7 Å². The number of aromatic hydroxyl groups is 1. The van der Waals surface area contributed by atoms with Crippen molar-refractivity contribution in [3.05, 3.63) is 23.8 Å². The second kappa shape index (κ2) is 4.00. The van der Waals surface area contributed by atoms with Gasteiger partial charge in [0.2, 0.25) is 6.41 Å². The van der Waals surface area contributed by atoms with Crippen molar-refractivity contribution >= 4 is 18.5 Å². The summed E-state index contributed by atoms with van der Waals surface area (Å²) < 4.78 is 5.22. The number of benzene rings is 1. The smallest absolute Gasteiger partial charge is 0.211 e. The molecule has 1 aliphatic rings. The molecule has 2 N–H and O–H groups in total. The van der Waals surface area contributed by atoms with E-state index in [4.69, 9.17) is 4.74 Å². The third-order valence-corrected chi connectivity index (χ3v) is 2.18. The average molecular weight is 206 g/mol. The van der Waals surface area contributed by atoms with Crippen LogP contribution in [0.15, 0.2) is 23.2 Å². The van der Waals surface area contributed by atoms with Gasteiger partial charge in [-0.05, 0) is 17.7 Å². The largest absolute Gasteiger partial charge is 0.506 e. The number of nitrogens with one attached hydrogen (secondary N) is 1. The van der Waals surface area contributed by atoms with E-state index in [1.54, 1.807) is 12.1 Å². The molecule has 1 amide bonds. The van der Waals surface area contributed by atoms with E-state index >= 15 is 0 Å². The van der Waals surface area contributed by atoms with Gasteiger partial charge < -0.3 is 15.2 Å². The lowest BCUT2D eigenvalue weighted by molar-refractivity contribution is -0.105. The fourth-order valence-corrected chi connectivity index (χ4v) is 1.42. The molecule has 0 saturated carbocycles. The Balaban J connectivity index is 2.25. The van der Waals surface area contributed by atoms with Crippen molar-refractivity contribution < 1.29 is 14.6 Å². The van der Waals surface area contributed by atoms with E-state index < -0.39 is 0 Å². The van der Waals surface area contributed by atoms with Crippen LogP contribution in [-0.2, 0) is 9.53 Å². The first kappa shape index (κ1) is 9.51. The number of anilines is 1. The van der Waals surface area contributed by atoms with E-state index in [0.29, 0.717) is 18.6 Å². The predicted molar refractivity (Wildman–Crippen MR) is 55.0 cm³/mol. The molecule has 0 spiro atoms. The average Bonchev–Trinajstić information content (AvgIpc) is 2.75. The summed E-state index contributed by atoms with van der Waals surface area (Å²) in [6.45, 7) is 0.561. The Bertz CT molecular complexity index is 396. The molecule has 1 aromatic carbocycles. The number of carbonyl (C=O) groups is 1. The summed E-state index contributed by atoms with van der Waals surface area (Å²) in [7, 11) is 0. The van der Waals surface area contributed by atoms with Crippen molar-refractivity contribution in [2.24, 2.45) is 4.99 Å². The number of amides is 1. The molecule has 0 saturated heterocycles. The van der Waals surface area contributed by atoms with Gasteiger partial charge in [-0.3, -0.25) is 9.79 Å². The zero-order valence-electron chi connectivity index (χ0n) is 7.88. The minimum absolute atomic E-state index is 0.0322. The highest BCUT2D eigenvalue weighted by molar-refractivity contribution is 5.75. The van der Waals surface area contributed by atoms with Crippen LogP contribution in [0.2, 0.25) is 0 Å². The normalized spacial score (nSPS) is 18.5. The molecular weight excluding hydrogens is 196 g/mol. The van der Waals surface area contributed by atoms with Gasteiger partial charge in [0.25, 0.3) is 0 Å². The van der Waals surface area contributed by atoms with Crippen LogP contribution in [0.3, 0.4) is 0 Å². The molecule has 0 aromatic heterocycles. The number of hydrogen-bond donors (Lipinski definition) is 2. The number of phenols is 1. The number of rotatable bonds is 3. The molecular formula is C10H10N2O3. The molecule has 0 aliphatic carbocycles. The fourth-order valence-electron chi connectivity index (χ4n) is 1.42. The first-order chi connectivity index (χ1) is 7.31. The lowest BCUT2D eigenvalue weighted by Crippen LogP contribution is -2.02. The topological polar surface area (TPSA) is 70.9 Å². The van der Waals surface area contributed by atoms with E-state index in [1.165, 1.54) is 12.5 Å². The highest BCUT2D eigenvalue weighted by Crippen LogP contribution is 2.29. The van der Waals surface area contributed by atoms with Crippen molar-refractivity contribution in [3.8, 4) is 5.75 Å². The maximum absolute atomic E-state index is 10.3. The molecule has 5 nitrogen and oxygen atoms in total. The Hall–Kier alpha value is -2.04. The van der Waals surface area contributed by atoms with Crippen molar-refractivity contribution in [1.29, 1.82) is 0 Å². The van der Waals surface area contributed by atoms with E-state index in [1.807, 2.05) is 0 Å². The number of ether oxygens (including phenoxy) is 1. The van der Waals surface area contributed by atoms with Gasteiger partial charge in [-0.1, -0.05) is 6.07 Å². The molecule has 5 heteroatoms. The van der Waals surface area contributed by atoms with E-state index in [-0.39, 0.29) is 11.9 Å². The molecule has 15 heavy (non-hydrogen) atoms. The minimum Gasteiger partial charge on any atom is -0.506 e. The maximum atomic E-state index is 10.3. The zero-order chi connectivity index (χ0) is 10.7. The quantitative estimate of drug-likeness (QED) is 0.573. The number of aliphatic imine (C=N–C) groups is 1. The SMILES string of the molecule is O=CNc1cc(C2CN=CO2)ccc1O. The molecule has 1 atom stereocenters. The summed E-state index contributed by atoms with van der Waals surface area (Å²) in [5, 5.41) is 11.8. The number of carbonyl (C=O) groups excluding carboxylic acids is 1. The van der Waals surface area contributed by atoms with Crippen LogP contribution in [0, 0.1) is 0 Å². The molecule has 0 fully saturated rings. The van der Waals surface area contributed by atoms with Gasteiger partial charge in [-0.25, -0.2) is 0 Å². The molecule has 0 radical (unpaired) electrons. The first-order valence-electron chi connectivity index (χ1n) is 4.48. The molecule has 0 bridgehead atoms. The van der Waals surface area contributed by atoms with Crippen LogP contribution in [0.4, 0.5) is 5.69 Å². The Morgan fingerprint density at radius 2 is 2.47 bits per heavy atom. The molecule has 1 unspecified atom stereocenters. The van der Waals surface area contributed by atoms with Gasteiger partial charge in [0.05, 0.1) is 12.2 Å². The summed E-state index contributed by atoms with van der Waals surface area (Å²) >= 11 is 0. The highest BCUT2D eigenvalue weighted by atomic mass is 16.5. The van der Waals surface area contributed by atoms with Crippen LogP contribution < -0.4 is 5.32 Å². The van der Waals surface area contributed by atoms with Gasteiger partial charge in [-0.15, -0.1) is 0 Å². The Morgan fingerprint density at radius 1 is 1.60 bits per heavy atom. The van der Waals surface area contributed by atoms with Gasteiger partial charge >= 0.3 is 0 Å². The zero-order valence-corrected chi connectivity index (χ0v) is 7.88. The Labute approximate surface area is 86.4 Å². The van der Waals surface area contributed by atoms with Gasteiger partial charge in [0, 0.05) is 0 Å². The van der Waals surface area contributed by atoms with Crippen LogP contribution >= 0.6 is 0 Å². The lowest BCUT2D eigenvalue weighted by atomic mass is 10.1. The predicted octanol–water partition coefficient (Wildman–Crippen LogP) is 1.06. The maximum Gasteiger partial charge on any atom is 0.211 e. The fraction of sp³-hybridized carbons (Fsp3) is 0.200. The second-order valence-corrected chi connectivity index (χ2v) is 3.13. The van der Waals surface area contributed by atoms with Crippen LogP contribution in [0.25, 0.3) is 0 Å². The van der Waals surface area contributed by atoms with E-state index in [9.17, 15) is 9.90 Å². The number of phenolic OH excluding ortho intramolecular Hbond substituents is 1. The number of nitrogens with zero attached hydrogens (tertiary/aromatic N) is 1. The van der Waals surface area contributed by atoms with Crippen molar-refractivity contribution in [3.63, 3.8) is 0 Å². The molecule has 1 heterocycles. The second-order valence-electron chi connectivity index (χ2n) is 3.13. The van der Waals surface area contributed by atoms with Crippen LogP contribution in [-0.4, -0.2) is 24.5 Å². The lowest BCUT2D eigenvalue weighted by Gasteiger charge is -2.11. The van der Waals surface area contributed by atoms with Crippen molar-refractivity contribution in [2.45, 2.75) is 6.10 Å². The summed E-state index contributed by atoms with van der Waals surface area (Å²) in [5.41, 5.74) is 1.24. The summed E-state index contributed by atoms with van der Waals surface area (Å²) in [5.74, 6) is 0.0322. The standard InChI is InChI=1S/C10H10N2O3/c13-5-12-8-3-7(1-2-9(8)14)10-4-11-6-15-10/h1-3,5-6,10,14H,4H2,(H,12,13). The van der Waals surface area contributed by atoms with E-state index in [2.05, 4.69) is 10.3 Å². The van der Waals surface area contributed by atoms with Gasteiger partial charge in [0.15, 0.2) is 6.40 Å². The first-order valence-corrected chi connectivity index (χ1v) is 4.48. The third-order valence-electron chi connectivity index (χ3n) is 2.18. The summed E-state index contributed by atoms with van der Waals surface area (Å²) in [6, 6.07) is 4.93. The van der Waals surface area contributed by atoms with E-state index in [0.717, 1.165) is 5.56 Å². The Kier molecular flexibility index (Phi) is 2.53. The minimum atomic E-state index is -0.127. The van der Waals surface area contributed by atoms with Crippen LogP contribution in [0.5, 0.6) is 5.75 Å². The van der Waals surface area contributed by atoms with Crippen molar-refractivity contribution in [1.82, 2.24) is 0 Å². The monoisotopic (exact) mass is 206 g/mol. The van der Waals surface area contributed by atoms with Crippen molar-refractivity contribution in [2.75, 3.05) is 11.9 Å². The highest BCUT2D eigenvalue weighted by Gasteiger charge is 2.16. The molecule has 1 aliphatic heterocycles. The number of hydrogen-bond acceptors (Lipinski definition) is 4. The van der Waals surface area contributed by atoms with Gasteiger partial charge in [-0.2, -0.15) is 0 Å². The molecule has 1 aromatic rings. The summed E-state index contributed by atoms with van der Waals surface area (Å²) in [4.78, 5) is 14.2.